The van der Waals surface area contributed by atoms with Crippen molar-refractivity contribution in [1.82, 2.24) is 5.32 Å². The Kier molecular flexibility index (Phi) is 7.21. The number of aliphatic carboxylic acids is 1. The summed E-state index contributed by atoms with van der Waals surface area (Å²) in [5, 5.41) is 11.4. The van der Waals surface area contributed by atoms with Gasteiger partial charge in [-0.05, 0) is 34.1 Å². The lowest BCUT2D eigenvalue weighted by Gasteiger charge is -2.09. The van der Waals surface area contributed by atoms with Crippen LogP contribution in [0.4, 0.5) is 0 Å². The molecule has 0 radical (unpaired) electrons. The second-order valence-corrected chi connectivity index (χ2v) is 4.08. The van der Waals surface area contributed by atoms with Crippen molar-refractivity contribution in [3.8, 4) is 0 Å². The minimum Gasteiger partial charge on any atom is -0.478 e. The summed E-state index contributed by atoms with van der Waals surface area (Å²) in [6.07, 6.45) is 0.894. The molecule has 0 aliphatic heterocycles. The molecule has 0 atom stereocenters. The summed E-state index contributed by atoms with van der Waals surface area (Å²) in [6, 6.07) is 0. The Morgan fingerprint density at radius 2 is 1.82 bits per heavy atom. The van der Waals surface area contributed by atoms with Crippen LogP contribution in [0, 0.1) is 0 Å². The zero-order valence-corrected chi connectivity index (χ0v) is 10.9. The second kappa shape index (κ2) is 7.84. The summed E-state index contributed by atoms with van der Waals surface area (Å²) in [6.45, 7) is 7.88. The molecule has 0 saturated heterocycles. The highest BCUT2D eigenvalue weighted by Gasteiger charge is 2.11. The molecule has 0 aliphatic carbocycles. The molecule has 0 spiro atoms. The van der Waals surface area contributed by atoms with Gasteiger partial charge in [-0.1, -0.05) is 0 Å². The fourth-order valence-electron chi connectivity index (χ4n) is 1.06. The number of rotatable bonds is 7. The number of carbonyl (C=O) groups excluding carboxylic acids is 1. The van der Waals surface area contributed by atoms with E-state index in [9.17, 15) is 9.59 Å². The van der Waals surface area contributed by atoms with Gasteiger partial charge >= 0.3 is 5.97 Å². The van der Waals surface area contributed by atoms with Crippen LogP contribution >= 0.6 is 0 Å². The smallest absolute Gasteiger partial charge is 0.331 e. The Morgan fingerprint density at radius 3 is 2.29 bits per heavy atom. The molecule has 1 amide bonds. The lowest BCUT2D eigenvalue weighted by molar-refractivity contribution is -0.133. The third-order valence-electron chi connectivity index (χ3n) is 2.28. The van der Waals surface area contributed by atoms with E-state index >= 15 is 0 Å². The largest absolute Gasteiger partial charge is 0.478 e. The van der Waals surface area contributed by atoms with Gasteiger partial charge in [-0.25, -0.2) is 4.79 Å². The number of hydrogen-bond donors (Lipinski definition) is 2. The Labute approximate surface area is 102 Å². The first-order valence-corrected chi connectivity index (χ1v) is 5.66. The van der Waals surface area contributed by atoms with Gasteiger partial charge in [0.05, 0.1) is 6.10 Å². The molecule has 0 rings (SSSR count). The first-order valence-electron chi connectivity index (χ1n) is 5.66. The molecular formula is C12H21NO4. The molecule has 0 bridgehead atoms. The SMILES string of the molecule is CC(C(=O)O)=C(C)C(=O)NCCCOC(C)C. The maximum absolute atomic E-state index is 11.5. The summed E-state index contributed by atoms with van der Waals surface area (Å²) in [7, 11) is 0. The van der Waals surface area contributed by atoms with Gasteiger partial charge in [0.15, 0.2) is 0 Å². The zero-order chi connectivity index (χ0) is 13.4. The van der Waals surface area contributed by atoms with E-state index in [2.05, 4.69) is 5.32 Å². The van der Waals surface area contributed by atoms with Crippen LogP contribution in [0.3, 0.4) is 0 Å². The van der Waals surface area contributed by atoms with E-state index in [0.29, 0.717) is 19.6 Å². The van der Waals surface area contributed by atoms with E-state index in [1.54, 1.807) is 0 Å². The van der Waals surface area contributed by atoms with Crippen LogP contribution in [-0.2, 0) is 14.3 Å². The summed E-state index contributed by atoms with van der Waals surface area (Å²) in [5.74, 6) is -1.41. The van der Waals surface area contributed by atoms with Gasteiger partial charge in [-0.15, -0.1) is 0 Å². The number of hydrogen-bond acceptors (Lipinski definition) is 3. The van der Waals surface area contributed by atoms with Crippen molar-refractivity contribution in [3.05, 3.63) is 11.1 Å². The van der Waals surface area contributed by atoms with Crippen molar-refractivity contribution in [3.63, 3.8) is 0 Å². The fourth-order valence-corrected chi connectivity index (χ4v) is 1.06. The van der Waals surface area contributed by atoms with E-state index in [4.69, 9.17) is 9.84 Å². The first kappa shape index (κ1) is 15.6. The van der Waals surface area contributed by atoms with Gasteiger partial charge in [0.25, 0.3) is 0 Å². The van der Waals surface area contributed by atoms with Crippen molar-refractivity contribution in [2.24, 2.45) is 0 Å². The average molecular weight is 243 g/mol. The average Bonchev–Trinajstić information content (AvgIpc) is 2.25. The minimum atomic E-state index is -1.07. The minimum absolute atomic E-state index is 0.0703. The Bertz CT molecular complexity index is 308. The predicted molar refractivity (Wildman–Crippen MR) is 64.7 cm³/mol. The van der Waals surface area contributed by atoms with E-state index in [1.165, 1.54) is 13.8 Å². The summed E-state index contributed by atoms with van der Waals surface area (Å²) >= 11 is 0. The number of nitrogens with one attached hydrogen (secondary N) is 1. The van der Waals surface area contributed by atoms with Gasteiger partial charge in [0.2, 0.25) is 5.91 Å². The van der Waals surface area contributed by atoms with Crippen molar-refractivity contribution < 1.29 is 19.4 Å². The summed E-state index contributed by atoms with van der Waals surface area (Å²) in [4.78, 5) is 22.2. The van der Waals surface area contributed by atoms with Gasteiger partial charge in [-0.2, -0.15) is 0 Å². The standard InChI is InChI=1S/C12H21NO4/c1-8(2)17-7-5-6-13-11(14)9(3)10(4)12(15)16/h8H,5-7H2,1-4H3,(H,13,14)(H,15,16). The Morgan fingerprint density at radius 1 is 1.24 bits per heavy atom. The molecular weight excluding hydrogens is 222 g/mol. The molecule has 0 aliphatic rings. The van der Waals surface area contributed by atoms with E-state index in [0.717, 1.165) is 0 Å². The highest BCUT2D eigenvalue weighted by molar-refractivity contribution is 6.01. The lowest BCUT2D eigenvalue weighted by atomic mass is 10.1. The molecule has 0 aromatic rings. The monoisotopic (exact) mass is 243 g/mol. The molecule has 5 heteroatoms. The first-order chi connectivity index (χ1) is 7.86. The van der Waals surface area contributed by atoms with Crippen molar-refractivity contribution in [1.29, 1.82) is 0 Å². The van der Waals surface area contributed by atoms with Gasteiger partial charge in [0, 0.05) is 24.3 Å². The molecule has 0 aromatic carbocycles. The molecule has 5 nitrogen and oxygen atoms in total. The van der Waals surface area contributed by atoms with Crippen molar-refractivity contribution in [2.45, 2.75) is 40.2 Å². The molecule has 0 heterocycles. The summed E-state index contributed by atoms with van der Waals surface area (Å²) < 4.78 is 5.31. The fraction of sp³-hybridized carbons (Fsp3) is 0.667. The third-order valence-corrected chi connectivity index (χ3v) is 2.28. The molecule has 0 aromatic heterocycles. The highest BCUT2D eigenvalue weighted by Crippen LogP contribution is 2.03. The topological polar surface area (TPSA) is 75.6 Å². The maximum Gasteiger partial charge on any atom is 0.331 e. The van der Waals surface area contributed by atoms with Gasteiger partial charge in [0.1, 0.15) is 0 Å². The number of carboxylic acid groups (broad SMARTS) is 1. The molecule has 17 heavy (non-hydrogen) atoms. The normalized spacial score (nSPS) is 12.3. The van der Waals surface area contributed by atoms with E-state index in [1.807, 2.05) is 13.8 Å². The number of carbonyl (C=O) groups is 2. The van der Waals surface area contributed by atoms with Crippen molar-refractivity contribution in [2.75, 3.05) is 13.2 Å². The molecule has 2 N–H and O–H groups in total. The van der Waals surface area contributed by atoms with E-state index < -0.39 is 5.97 Å². The quantitative estimate of drug-likeness (QED) is 0.522. The van der Waals surface area contributed by atoms with Gasteiger partial charge in [-0.3, -0.25) is 4.79 Å². The number of ether oxygens (including phenoxy) is 1. The lowest BCUT2D eigenvalue weighted by Crippen LogP contribution is -2.27. The predicted octanol–water partition coefficient (Wildman–Crippen LogP) is 1.34. The highest BCUT2D eigenvalue weighted by atomic mass is 16.5. The van der Waals surface area contributed by atoms with Crippen LogP contribution in [0.25, 0.3) is 0 Å². The van der Waals surface area contributed by atoms with E-state index in [-0.39, 0.29) is 23.2 Å². The maximum atomic E-state index is 11.5. The van der Waals surface area contributed by atoms with Crippen LogP contribution in [0.1, 0.15) is 34.1 Å². The molecule has 0 saturated carbocycles. The third kappa shape index (κ3) is 6.73. The van der Waals surface area contributed by atoms with Crippen LogP contribution in [0.2, 0.25) is 0 Å². The van der Waals surface area contributed by atoms with Crippen molar-refractivity contribution >= 4 is 11.9 Å². The summed E-state index contributed by atoms with van der Waals surface area (Å²) in [5.41, 5.74) is 0.309. The van der Waals surface area contributed by atoms with Gasteiger partial charge < -0.3 is 15.2 Å². The number of amides is 1. The van der Waals surface area contributed by atoms with Crippen LogP contribution < -0.4 is 5.32 Å². The Hall–Kier alpha value is -1.36. The van der Waals surface area contributed by atoms with Crippen LogP contribution in [0.5, 0.6) is 0 Å². The second-order valence-electron chi connectivity index (χ2n) is 4.08. The molecule has 0 unspecified atom stereocenters. The molecule has 98 valence electrons. The number of carboxylic acids is 1. The molecule has 0 fully saturated rings. The van der Waals surface area contributed by atoms with Crippen LogP contribution in [0.15, 0.2) is 11.1 Å². The zero-order valence-electron chi connectivity index (χ0n) is 10.9. The van der Waals surface area contributed by atoms with Crippen LogP contribution in [-0.4, -0.2) is 36.2 Å². The Balaban J connectivity index is 3.95.